The first-order valence-corrected chi connectivity index (χ1v) is 18.2. The van der Waals surface area contributed by atoms with Gasteiger partial charge >= 0.3 is 0 Å². The fourth-order valence-electron chi connectivity index (χ4n) is 5.58. The van der Waals surface area contributed by atoms with Crippen LogP contribution in [0.3, 0.4) is 0 Å². The largest absolute Gasteiger partial charge is 0.353 e. The monoisotopic (exact) mass is 555 g/mol. The van der Waals surface area contributed by atoms with Crippen LogP contribution in [0, 0.1) is 0 Å². The van der Waals surface area contributed by atoms with Crippen molar-refractivity contribution in [2.75, 3.05) is 13.2 Å². The molecule has 3 heteroatoms. The van der Waals surface area contributed by atoms with Crippen molar-refractivity contribution < 1.29 is 14.2 Å². The van der Waals surface area contributed by atoms with Gasteiger partial charge in [-0.2, -0.15) is 0 Å². The van der Waals surface area contributed by atoms with Gasteiger partial charge in [0.2, 0.25) is 0 Å². The lowest BCUT2D eigenvalue weighted by Crippen LogP contribution is -2.27. The van der Waals surface area contributed by atoms with Crippen molar-refractivity contribution in [1.82, 2.24) is 0 Å². The molecule has 0 saturated heterocycles. The minimum atomic E-state index is -0.110. The van der Waals surface area contributed by atoms with Gasteiger partial charge in [-0.15, -0.1) is 0 Å². The van der Waals surface area contributed by atoms with Crippen molar-refractivity contribution in [3.8, 4) is 0 Å². The molecule has 0 radical (unpaired) electrons. The van der Waals surface area contributed by atoms with Crippen LogP contribution in [0.2, 0.25) is 0 Å². The zero-order chi connectivity index (χ0) is 28.5. The molecule has 2 atom stereocenters. The van der Waals surface area contributed by atoms with E-state index in [4.69, 9.17) is 14.2 Å². The molecule has 0 N–H and O–H groups in total. The fourth-order valence-corrected chi connectivity index (χ4v) is 5.58. The van der Waals surface area contributed by atoms with Gasteiger partial charge in [0.25, 0.3) is 0 Å². The summed E-state index contributed by atoms with van der Waals surface area (Å²) >= 11 is 0. The van der Waals surface area contributed by atoms with Crippen LogP contribution >= 0.6 is 0 Å². The quantitative estimate of drug-likeness (QED) is 0.0584. The molecule has 236 valence electrons. The van der Waals surface area contributed by atoms with Crippen molar-refractivity contribution in [3.63, 3.8) is 0 Å². The van der Waals surface area contributed by atoms with Crippen molar-refractivity contribution >= 4 is 0 Å². The summed E-state index contributed by atoms with van der Waals surface area (Å²) in [6.07, 6.45) is 37.8. The summed E-state index contributed by atoms with van der Waals surface area (Å²) in [7, 11) is 0. The number of hydrogen-bond acceptors (Lipinski definition) is 3. The van der Waals surface area contributed by atoms with Crippen LogP contribution in [0.25, 0.3) is 0 Å². The Morgan fingerprint density at radius 2 is 0.538 bits per heavy atom. The van der Waals surface area contributed by atoms with Gasteiger partial charge in [-0.25, -0.2) is 0 Å². The normalized spacial score (nSPS) is 13.2. The molecule has 0 rings (SSSR count). The van der Waals surface area contributed by atoms with Crippen LogP contribution in [-0.4, -0.2) is 25.8 Å². The van der Waals surface area contributed by atoms with Crippen molar-refractivity contribution in [2.24, 2.45) is 0 Å². The van der Waals surface area contributed by atoms with Crippen LogP contribution in [-0.2, 0) is 14.2 Å². The van der Waals surface area contributed by atoms with Crippen molar-refractivity contribution in [3.05, 3.63) is 0 Å². The maximum absolute atomic E-state index is 6.30. The van der Waals surface area contributed by atoms with E-state index >= 15 is 0 Å². The second kappa shape index (κ2) is 34.1. The molecule has 0 fully saturated rings. The zero-order valence-corrected chi connectivity index (χ0v) is 27.6. The molecule has 3 nitrogen and oxygen atoms in total. The van der Waals surface area contributed by atoms with Gasteiger partial charge in [-0.3, -0.25) is 0 Å². The lowest BCUT2D eigenvalue weighted by Gasteiger charge is -2.24. The van der Waals surface area contributed by atoms with E-state index in [9.17, 15) is 0 Å². The Morgan fingerprint density at radius 3 is 0.769 bits per heavy atom. The van der Waals surface area contributed by atoms with Crippen LogP contribution in [0.1, 0.15) is 207 Å². The Kier molecular flexibility index (Phi) is 34.0. The number of hydrogen-bond donors (Lipinski definition) is 0. The standard InChI is InChI=1S/C36H74O3/c1-5-9-11-13-15-17-19-21-23-25-27-29-31-33-35(37-7-3)39-36(38-8-4)34-32-30-28-26-24-22-20-18-16-14-12-10-6-2/h35-36H,5-34H2,1-4H3. The Hall–Kier alpha value is -0.120. The summed E-state index contributed by atoms with van der Waals surface area (Å²) < 4.78 is 18.2. The summed E-state index contributed by atoms with van der Waals surface area (Å²) in [5.74, 6) is 0. The third-order valence-electron chi connectivity index (χ3n) is 8.10. The van der Waals surface area contributed by atoms with Crippen LogP contribution in [0.5, 0.6) is 0 Å². The molecule has 0 aromatic rings. The maximum atomic E-state index is 6.30. The Labute approximate surface area is 247 Å². The van der Waals surface area contributed by atoms with E-state index in [1.807, 2.05) is 0 Å². The van der Waals surface area contributed by atoms with Gasteiger partial charge in [0.1, 0.15) is 0 Å². The molecule has 0 aliphatic heterocycles. The molecule has 0 heterocycles. The van der Waals surface area contributed by atoms with E-state index in [1.165, 1.54) is 167 Å². The lowest BCUT2D eigenvalue weighted by atomic mass is 10.0. The molecule has 0 saturated carbocycles. The summed E-state index contributed by atoms with van der Waals surface area (Å²) in [6, 6.07) is 0. The van der Waals surface area contributed by atoms with E-state index in [2.05, 4.69) is 27.7 Å². The SMILES string of the molecule is CCCCCCCCCCCCCCCC(OCC)OC(CCCCCCCCCCCCCCC)OCC. The highest BCUT2D eigenvalue weighted by Gasteiger charge is 2.17. The van der Waals surface area contributed by atoms with E-state index in [0.717, 1.165) is 12.8 Å². The molecule has 0 aliphatic rings. The molecule has 2 unspecified atom stereocenters. The first-order valence-electron chi connectivity index (χ1n) is 18.2. The molecular weight excluding hydrogens is 480 g/mol. The smallest absolute Gasteiger partial charge is 0.160 e. The van der Waals surface area contributed by atoms with Gasteiger partial charge in [-0.05, 0) is 39.5 Å². The predicted molar refractivity (Wildman–Crippen MR) is 173 cm³/mol. The maximum Gasteiger partial charge on any atom is 0.160 e. The Morgan fingerprint density at radius 1 is 0.308 bits per heavy atom. The number of rotatable bonds is 34. The highest BCUT2D eigenvalue weighted by molar-refractivity contribution is 4.55. The topological polar surface area (TPSA) is 27.7 Å². The van der Waals surface area contributed by atoms with Crippen LogP contribution in [0.4, 0.5) is 0 Å². The molecule has 0 aromatic heterocycles. The minimum absolute atomic E-state index is 0.110. The average Bonchev–Trinajstić information content (AvgIpc) is 2.94. The molecule has 0 aliphatic carbocycles. The first kappa shape index (κ1) is 38.9. The van der Waals surface area contributed by atoms with E-state index in [1.54, 1.807) is 0 Å². The summed E-state index contributed by atoms with van der Waals surface area (Å²) in [5.41, 5.74) is 0. The van der Waals surface area contributed by atoms with Gasteiger partial charge < -0.3 is 14.2 Å². The average molecular weight is 555 g/mol. The highest BCUT2D eigenvalue weighted by atomic mass is 16.8. The van der Waals surface area contributed by atoms with Crippen molar-refractivity contribution in [2.45, 2.75) is 220 Å². The second-order valence-electron chi connectivity index (χ2n) is 12.0. The third kappa shape index (κ3) is 30.7. The van der Waals surface area contributed by atoms with Gasteiger partial charge in [0.05, 0.1) is 0 Å². The third-order valence-corrected chi connectivity index (χ3v) is 8.10. The first-order chi connectivity index (χ1) is 19.3. The Bertz CT molecular complexity index is 390. The molecule has 0 bridgehead atoms. The molecule has 39 heavy (non-hydrogen) atoms. The Balaban J connectivity index is 3.76. The fraction of sp³-hybridized carbons (Fsp3) is 1.00. The highest BCUT2D eigenvalue weighted by Crippen LogP contribution is 2.19. The second-order valence-corrected chi connectivity index (χ2v) is 12.0. The van der Waals surface area contributed by atoms with Crippen LogP contribution < -0.4 is 0 Å². The molecule has 0 aromatic carbocycles. The minimum Gasteiger partial charge on any atom is -0.353 e. The van der Waals surface area contributed by atoms with Gasteiger partial charge in [0.15, 0.2) is 12.6 Å². The molecular formula is C36H74O3. The van der Waals surface area contributed by atoms with E-state index in [-0.39, 0.29) is 12.6 Å². The van der Waals surface area contributed by atoms with Gasteiger partial charge in [-0.1, -0.05) is 168 Å². The van der Waals surface area contributed by atoms with Crippen LogP contribution in [0.15, 0.2) is 0 Å². The van der Waals surface area contributed by atoms with Gasteiger partial charge in [0, 0.05) is 13.2 Å². The van der Waals surface area contributed by atoms with Crippen molar-refractivity contribution in [1.29, 1.82) is 0 Å². The zero-order valence-electron chi connectivity index (χ0n) is 27.6. The lowest BCUT2D eigenvalue weighted by molar-refractivity contribution is -0.247. The predicted octanol–water partition coefficient (Wildman–Crippen LogP) is 12.7. The summed E-state index contributed by atoms with van der Waals surface area (Å²) in [5, 5.41) is 0. The van der Waals surface area contributed by atoms with E-state index < -0.39 is 0 Å². The molecule has 0 amide bonds. The summed E-state index contributed by atoms with van der Waals surface area (Å²) in [6.45, 7) is 10.2. The number of ether oxygens (including phenoxy) is 3. The number of unbranched alkanes of at least 4 members (excludes halogenated alkanes) is 24. The summed E-state index contributed by atoms with van der Waals surface area (Å²) in [4.78, 5) is 0. The van der Waals surface area contributed by atoms with E-state index in [0.29, 0.717) is 13.2 Å². The molecule has 0 spiro atoms.